The number of aliphatic hydroxyl groups is 1. The fourth-order valence-corrected chi connectivity index (χ4v) is 1.07. The van der Waals surface area contributed by atoms with Gasteiger partial charge >= 0.3 is 0 Å². The van der Waals surface area contributed by atoms with Gasteiger partial charge in [-0.2, -0.15) is 0 Å². The van der Waals surface area contributed by atoms with E-state index in [2.05, 4.69) is 5.32 Å². The lowest BCUT2D eigenvalue weighted by molar-refractivity contribution is 0.188. The Morgan fingerprint density at radius 1 is 1.36 bits per heavy atom. The molecule has 0 spiro atoms. The quantitative estimate of drug-likeness (QED) is 0.782. The molecule has 0 amide bonds. The standard InChI is InChI=1S/C10H13F2NO/c1-7(14)5-6-13-10-8(11)3-2-4-9(10)12/h2-4,7,13-14H,5-6H2,1H3. The maximum absolute atomic E-state index is 13.0. The van der Waals surface area contributed by atoms with Gasteiger partial charge in [0.15, 0.2) is 0 Å². The Bertz CT molecular complexity index is 282. The van der Waals surface area contributed by atoms with Crippen molar-refractivity contribution in [1.29, 1.82) is 0 Å². The summed E-state index contributed by atoms with van der Waals surface area (Å²) in [5.74, 6) is -1.23. The molecule has 0 aromatic heterocycles. The van der Waals surface area contributed by atoms with Gasteiger partial charge in [0, 0.05) is 6.54 Å². The van der Waals surface area contributed by atoms with Crippen molar-refractivity contribution in [2.75, 3.05) is 11.9 Å². The molecule has 1 aromatic rings. The van der Waals surface area contributed by atoms with Crippen LogP contribution in [0.2, 0.25) is 0 Å². The van der Waals surface area contributed by atoms with Gasteiger partial charge in [-0.25, -0.2) is 8.78 Å². The van der Waals surface area contributed by atoms with Crippen LogP contribution in [0.25, 0.3) is 0 Å². The van der Waals surface area contributed by atoms with Crippen LogP contribution >= 0.6 is 0 Å². The second kappa shape index (κ2) is 4.91. The van der Waals surface area contributed by atoms with Crippen LogP contribution in [0.1, 0.15) is 13.3 Å². The lowest BCUT2D eigenvalue weighted by Crippen LogP contribution is -2.11. The van der Waals surface area contributed by atoms with E-state index in [1.165, 1.54) is 18.2 Å². The van der Waals surface area contributed by atoms with Crippen LogP contribution < -0.4 is 5.32 Å². The Morgan fingerprint density at radius 2 is 1.93 bits per heavy atom. The summed E-state index contributed by atoms with van der Waals surface area (Å²) in [5, 5.41) is 11.5. The number of benzene rings is 1. The first kappa shape index (κ1) is 10.9. The number of anilines is 1. The third kappa shape index (κ3) is 2.96. The molecule has 0 fully saturated rings. The minimum Gasteiger partial charge on any atom is -0.393 e. The lowest BCUT2D eigenvalue weighted by Gasteiger charge is -2.09. The molecule has 0 aliphatic heterocycles. The van der Waals surface area contributed by atoms with Crippen LogP contribution in [-0.4, -0.2) is 17.8 Å². The van der Waals surface area contributed by atoms with Crippen LogP contribution in [-0.2, 0) is 0 Å². The molecule has 0 saturated carbocycles. The van der Waals surface area contributed by atoms with Crippen LogP contribution in [0, 0.1) is 11.6 Å². The largest absolute Gasteiger partial charge is 0.393 e. The van der Waals surface area contributed by atoms with Gasteiger partial charge < -0.3 is 10.4 Å². The molecule has 2 N–H and O–H groups in total. The zero-order valence-corrected chi connectivity index (χ0v) is 7.93. The molecule has 1 unspecified atom stereocenters. The summed E-state index contributed by atoms with van der Waals surface area (Å²) in [6.45, 7) is 1.97. The van der Waals surface area contributed by atoms with E-state index in [0.29, 0.717) is 13.0 Å². The highest BCUT2D eigenvalue weighted by Crippen LogP contribution is 2.17. The smallest absolute Gasteiger partial charge is 0.149 e. The van der Waals surface area contributed by atoms with E-state index in [0.717, 1.165) is 0 Å². The summed E-state index contributed by atoms with van der Waals surface area (Å²) in [7, 11) is 0. The second-order valence-electron chi connectivity index (χ2n) is 3.16. The summed E-state index contributed by atoms with van der Waals surface area (Å²) in [6, 6.07) is 3.69. The number of aliphatic hydroxyl groups excluding tert-OH is 1. The summed E-state index contributed by atoms with van der Waals surface area (Å²) in [5.41, 5.74) is -0.131. The number of hydrogen-bond donors (Lipinski definition) is 2. The van der Waals surface area contributed by atoms with E-state index >= 15 is 0 Å². The van der Waals surface area contributed by atoms with E-state index in [9.17, 15) is 8.78 Å². The van der Waals surface area contributed by atoms with Crippen LogP contribution in [0.5, 0.6) is 0 Å². The number of hydrogen-bond acceptors (Lipinski definition) is 2. The van der Waals surface area contributed by atoms with Gasteiger partial charge in [0.05, 0.1) is 6.10 Å². The third-order valence-corrected chi connectivity index (χ3v) is 1.83. The number of para-hydroxylation sites is 1. The van der Waals surface area contributed by atoms with Gasteiger partial charge in [-0.05, 0) is 25.5 Å². The SMILES string of the molecule is CC(O)CCNc1c(F)cccc1F. The van der Waals surface area contributed by atoms with Gasteiger partial charge in [0.1, 0.15) is 17.3 Å². The van der Waals surface area contributed by atoms with Crippen LogP contribution in [0.3, 0.4) is 0 Å². The maximum atomic E-state index is 13.0. The van der Waals surface area contributed by atoms with E-state index in [1.807, 2.05) is 0 Å². The molecule has 0 aliphatic rings. The molecule has 1 aromatic carbocycles. The minimum atomic E-state index is -0.615. The van der Waals surface area contributed by atoms with Crippen molar-refractivity contribution in [3.05, 3.63) is 29.8 Å². The first-order valence-electron chi connectivity index (χ1n) is 4.47. The molecule has 1 atom stereocenters. The summed E-state index contributed by atoms with van der Waals surface area (Å²) in [6.07, 6.45) is -0.0225. The average Bonchev–Trinajstić information content (AvgIpc) is 2.09. The maximum Gasteiger partial charge on any atom is 0.149 e. The first-order valence-corrected chi connectivity index (χ1v) is 4.47. The molecule has 78 valence electrons. The summed E-state index contributed by atoms with van der Waals surface area (Å²) < 4.78 is 26.0. The lowest BCUT2D eigenvalue weighted by atomic mass is 10.2. The van der Waals surface area contributed by atoms with Gasteiger partial charge in [-0.3, -0.25) is 0 Å². The first-order chi connectivity index (χ1) is 6.61. The van der Waals surface area contributed by atoms with Crippen LogP contribution in [0.4, 0.5) is 14.5 Å². The monoisotopic (exact) mass is 201 g/mol. The van der Waals surface area contributed by atoms with Crippen molar-refractivity contribution < 1.29 is 13.9 Å². The van der Waals surface area contributed by atoms with E-state index < -0.39 is 17.7 Å². The fraction of sp³-hybridized carbons (Fsp3) is 0.400. The Balaban J connectivity index is 2.58. The van der Waals surface area contributed by atoms with Gasteiger partial charge in [-0.15, -0.1) is 0 Å². The molecule has 0 saturated heterocycles. The molecule has 14 heavy (non-hydrogen) atoms. The topological polar surface area (TPSA) is 32.3 Å². The van der Waals surface area contributed by atoms with E-state index in [4.69, 9.17) is 5.11 Å². The van der Waals surface area contributed by atoms with Crippen molar-refractivity contribution in [2.45, 2.75) is 19.4 Å². The van der Waals surface area contributed by atoms with E-state index in [-0.39, 0.29) is 5.69 Å². The molecule has 0 bridgehead atoms. The Labute approximate surface area is 81.6 Å². The molecule has 0 aliphatic carbocycles. The average molecular weight is 201 g/mol. The zero-order chi connectivity index (χ0) is 10.6. The molecule has 0 radical (unpaired) electrons. The predicted octanol–water partition coefficient (Wildman–Crippen LogP) is 2.15. The Kier molecular flexibility index (Phi) is 3.83. The molecular formula is C10H13F2NO. The van der Waals surface area contributed by atoms with E-state index in [1.54, 1.807) is 6.92 Å². The number of rotatable bonds is 4. The fourth-order valence-electron chi connectivity index (χ4n) is 1.07. The van der Waals surface area contributed by atoms with Gasteiger partial charge in [-0.1, -0.05) is 6.07 Å². The summed E-state index contributed by atoms with van der Waals surface area (Å²) in [4.78, 5) is 0. The third-order valence-electron chi connectivity index (χ3n) is 1.83. The minimum absolute atomic E-state index is 0.131. The van der Waals surface area contributed by atoms with Crippen molar-refractivity contribution in [1.82, 2.24) is 0 Å². The highest BCUT2D eigenvalue weighted by atomic mass is 19.1. The second-order valence-corrected chi connectivity index (χ2v) is 3.16. The highest BCUT2D eigenvalue weighted by molar-refractivity contribution is 5.45. The molecular weight excluding hydrogens is 188 g/mol. The summed E-state index contributed by atoms with van der Waals surface area (Å²) >= 11 is 0. The molecule has 4 heteroatoms. The molecule has 0 heterocycles. The van der Waals surface area contributed by atoms with Gasteiger partial charge in [0.25, 0.3) is 0 Å². The predicted molar refractivity (Wildman–Crippen MR) is 51.1 cm³/mol. The van der Waals surface area contributed by atoms with Crippen LogP contribution in [0.15, 0.2) is 18.2 Å². The van der Waals surface area contributed by atoms with Gasteiger partial charge in [0.2, 0.25) is 0 Å². The highest BCUT2D eigenvalue weighted by Gasteiger charge is 2.07. The number of halogens is 2. The van der Waals surface area contributed by atoms with Crippen molar-refractivity contribution in [2.24, 2.45) is 0 Å². The molecule has 2 nitrogen and oxygen atoms in total. The van der Waals surface area contributed by atoms with Crippen molar-refractivity contribution in [3.8, 4) is 0 Å². The zero-order valence-electron chi connectivity index (χ0n) is 7.93. The van der Waals surface area contributed by atoms with Crippen molar-refractivity contribution in [3.63, 3.8) is 0 Å². The Morgan fingerprint density at radius 3 is 2.43 bits per heavy atom. The normalized spacial score (nSPS) is 12.6. The molecule has 1 rings (SSSR count). The number of nitrogens with one attached hydrogen (secondary N) is 1. The van der Waals surface area contributed by atoms with Crippen molar-refractivity contribution >= 4 is 5.69 Å². The Hall–Kier alpha value is -1.16.